The Bertz CT molecular complexity index is 704. The molecule has 5 heteroatoms. The summed E-state index contributed by atoms with van der Waals surface area (Å²) in [6, 6.07) is 13.2. The third-order valence-electron chi connectivity index (χ3n) is 3.75. The van der Waals surface area contributed by atoms with Gasteiger partial charge in [-0.2, -0.15) is 0 Å². The second-order valence-corrected chi connectivity index (χ2v) is 6.16. The van der Waals surface area contributed by atoms with E-state index in [0.717, 1.165) is 0 Å². The van der Waals surface area contributed by atoms with Crippen LogP contribution in [0.3, 0.4) is 0 Å². The lowest BCUT2D eigenvalue weighted by molar-refractivity contribution is -0.141. The molecule has 2 aromatic carbocycles. The molecule has 0 amide bonds. The van der Waals surface area contributed by atoms with Crippen LogP contribution in [0.2, 0.25) is 0 Å². The lowest BCUT2D eigenvalue weighted by atomic mass is 10.0. The van der Waals surface area contributed by atoms with Crippen molar-refractivity contribution in [1.29, 1.82) is 0 Å². The van der Waals surface area contributed by atoms with Gasteiger partial charge in [-0.15, -0.1) is 0 Å². The number of aromatic hydroxyl groups is 1. The van der Waals surface area contributed by atoms with Gasteiger partial charge in [0.05, 0.1) is 6.61 Å². The van der Waals surface area contributed by atoms with Gasteiger partial charge < -0.3 is 19.3 Å². The first kappa shape index (κ1) is 16.5. The summed E-state index contributed by atoms with van der Waals surface area (Å²) in [5.41, 5.74) is 1.09. The van der Waals surface area contributed by atoms with Crippen LogP contribution in [0.4, 0.5) is 0 Å². The van der Waals surface area contributed by atoms with Gasteiger partial charge in [0.1, 0.15) is 24.2 Å². The molecule has 5 nitrogen and oxygen atoms in total. The summed E-state index contributed by atoms with van der Waals surface area (Å²) in [6.45, 7) is 4.65. The molecule has 1 saturated heterocycles. The van der Waals surface area contributed by atoms with E-state index in [4.69, 9.17) is 14.2 Å². The van der Waals surface area contributed by atoms with Crippen molar-refractivity contribution in [3.05, 3.63) is 59.7 Å². The average Bonchev–Trinajstić information content (AvgIpc) is 2.93. The molecule has 0 spiro atoms. The van der Waals surface area contributed by atoms with Crippen LogP contribution in [0.1, 0.15) is 29.8 Å². The maximum Gasteiger partial charge on any atom is 0.193 e. The van der Waals surface area contributed by atoms with E-state index in [-0.39, 0.29) is 17.6 Å². The van der Waals surface area contributed by atoms with Gasteiger partial charge in [-0.3, -0.25) is 4.79 Å². The Morgan fingerprint density at radius 1 is 1.12 bits per heavy atom. The number of rotatable bonds is 5. The summed E-state index contributed by atoms with van der Waals surface area (Å²) in [6.07, 6.45) is -0.0988. The Kier molecular flexibility index (Phi) is 4.55. The van der Waals surface area contributed by atoms with Crippen molar-refractivity contribution >= 4 is 5.78 Å². The molecule has 2 aromatic rings. The lowest BCUT2D eigenvalue weighted by Gasteiger charge is -2.17. The molecule has 1 aliphatic rings. The molecular weight excluding hydrogens is 308 g/mol. The first-order valence-corrected chi connectivity index (χ1v) is 7.81. The molecular formula is C19H20O5. The summed E-state index contributed by atoms with van der Waals surface area (Å²) in [4.78, 5) is 12.3. The topological polar surface area (TPSA) is 65.0 Å². The van der Waals surface area contributed by atoms with E-state index in [1.807, 2.05) is 13.8 Å². The van der Waals surface area contributed by atoms with E-state index < -0.39 is 5.79 Å². The number of carbonyl (C=O) groups excluding carboxylic acids is 1. The van der Waals surface area contributed by atoms with E-state index in [0.29, 0.717) is 30.1 Å². The molecule has 0 aromatic heterocycles. The van der Waals surface area contributed by atoms with Gasteiger partial charge in [0.2, 0.25) is 0 Å². The zero-order valence-corrected chi connectivity index (χ0v) is 13.7. The number of hydrogen-bond donors (Lipinski definition) is 1. The summed E-state index contributed by atoms with van der Waals surface area (Å²) < 4.78 is 16.9. The molecule has 1 N–H and O–H groups in total. The van der Waals surface area contributed by atoms with Crippen molar-refractivity contribution in [1.82, 2.24) is 0 Å². The van der Waals surface area contributed by atoms with Gasteiger partial charge in [0, 0.05) is 11.1 Å². The van der Waals surface area contributed by atoms with Crippen molar-refractivity contribution in [2.24, 2.45) is 0 Å². The Balaban J connectivity index is 1.59. The Hall–Kier alpha value is -2.37. The Morgan fingerprint density at radius 3 is 2.25 bits per heavy atom. The van der Waals surface area contributed by atoms with Gasteiger partial charge in [0.25, 0.3) is 0 Å². The lowest BCUT2D eigenvalue weighted by Crippen LogP contribution is -2.25. The standard InChI is InChI=1S/C19H20O5/c1-19(2)23-12-17(24-19)11-22-16-9-5-14(6-10-16)18(21)13-3-7-15(20)8-4-13/h3-10,17,20H,11-12H2,1-2H3/t17-/m1/s1. The van der Waals surface area contributed by atoms with Gasteiger partial charge in [-0.25, -0.2) is 0 Å². The number of carbonyl (C=O) groups is 1. The summed E-state index contributed by atoms with van der Waals surface area (Å²) >= 11 is 0. The molecule has 1 atom stereocenters. The van der Waals surface area contributed by atoms with E-state index in [1.54, 1.807) is 36.4 Å². The fourth-order valence-electron chi connectivity index (χ4n) is 2.52. The Labute approximate surface area is 140 Å². The van der Waals surface area contributed by atoms with Crippen LogP contribution in [0.5, 0.6) is 11.5 Å². The van der Waals surface area contributed by atoms with Crippen LogP contribution in [0.15, 0.2) is 48.5 Å². The number of phenolic OH excluding ortho intramolecular Hbond substituents is 1. The zero-order chi connectivity index (χ0) is 17.2. The fraction of sp³-hybridized carbons (Fsp3) is 0.316. The highest BCUT2D eigenvalue weighted by Gasteiger charge is 2.32. The smallest absolute Gasteiger partial charge is 0.193 e. The summed E-state index contributed by atoms with van der Waals surface area (Å²) in [7, 11) is 0. The number of hydrogen-bond acceptors (Lipinski definition) is 5. The molecule has 1 aliphatic heterocycles. The molecule has 0 bridgehead atoms. The van der Waals surface area contributed by atoms with Gasteiger partial charge >= 0.3 is 0 Å². The minimum atomic E-state index is -0.561. The van der Waals surface area contributed by atoms with E-state index in [2.05, 4.69) is 0 Å². The third-order valence-corrected chi connectivity index (χ3v) is 3.75. The second kappa shape index (κ2) is 6.63. The summed E-state index contributed by atoms with van der Waals surface area (Å²) in [5, 5.41) is 9.28. The van der Waals surface area contributed by atoms with Crippen molar-refractivity contribution in [2.45, 2.75) is 25.7 Å². The maximum absolute atomic E-state index is 12.3. The van der Waals surface area contributed by atoms with Crippen molar-refractivity contribution in [3.63, 3.8) is 0 Å². The Morgan fingerprint density at radius 2 is 1.71 bits per heavy atom. The van der Waals surface area contributed by atoms with Crippen molar-refractivity contribution < 1.29 is 24.1 Å². The predicted octanol–water partition coefficient (Wildman–Crippen LogP) is 3.15. The molecule has 1 heterocycles. The monoisotopic (exact) mass is 328 g/mol. The highest BCUT2D eigenvalue weighted by Crippen LogP contribution is 2.23. The molecule has 126 valence electrons. The first-order chi connectivity index (χ1) is 11.4. The highest BCUT2D eigenvalue weighted by atomic mass is 16.7. The zero-order valence-electron chi connectivity index (χ0n) is 13.7. The normalized spacial score (nSPS) is 19.2. The van der Waals surface area contributed by atoms with Crippen LogP contribution in [-0.2, 0) is 9.47 Å². The largest absolute Gasteiger partial charge is 0.508 e. The van der Waals surface area contributed by atoms with Gasteiger partial charge in [-0.1, -0.05) is 0 Å². The van der Waals surface area contributed by atoms with E-state index >= 15 is 0 Å². The van der Waals surface area contributed by atoms with Gasteiger partial charge in [-0.05, 0) is 62.4 Å². The maximum atomic E-state index is 12.3. The number of ketones is 1. The quantitative estimate of drug-likeness (QED) is 0.854. The number of phenols is 1. The SMILES string of the molecule is CC1(C)OC[C@@H](COc2ccc(C(=O)c3ccc(O)cc3)cc2)O1. The van der Waals surface area contributed by atoms with Crippen LogP contribution in [-0.4, -0.2) is 36.0 Å². The van der Waals surface area contributed by atoms with Gasteiger partial charge in [0.15, 0.2) is 11.6 Å². The minimum absolute atomic E-state index is 0.0988. The minimum Gasteiger partial charge on any atom is -0.508 e. The highest BCUT2D eigenvalue weighted by molar-refractivity contribution is 6.09. The van der Waals surface area contributed by atoms with E-state index in [9.17, 15) is 9.90 Å². The summed E-state index contributed by atoms with van der Waals surface area (Å²) in [5.74, 6) is 0.145. The molecule has 1 fully saturated rings. The first-order valence-electron chi connectivity index (χ1n) is 7.81. The molecule has 0 radical (unpaired) electrons. The van der Waals surface area contributed by atoms with Crippen LogP contribution < -0.4 is 4.74 Å². The fourth-order valence-corrected chi connectivity index (χ4v) is 2.52. The number of benzene rings is 2. The number of ether oxygens (including phenoxy) is 3. The van der Waals surface area contributed by atoms with Crippen molar-refractivity contribution in [3.8, 4) is 11.5 Å². The molecule has 0 aliphatic carbocycles. The van der Waals surface area contributed by atoms with Crippen molar-refractivity contribution in [2.75, 3.05) is 13.2 Å². The molecule has 3 rings (SSSR count). The van der Waals surface area contributed by atoms with Crippen LogP contribution >= 0.6 is 0 Å². The molecule has 24 heavy (non-hydrogen) atoms. The van der Waals surface area contributed by atoms with Crippen LogP contribution in [0, 0.1) is 0 Å². The third kappa shape index (κ3) is 3.93. The van der Waals surface area contributed by atoms with E-state index in [1.165, 1.54) is 12.1 Å². The average molecular weight is 328 g/mol. The van der Waals surface area contributed by atoms with Crippen LogP contribution in [0.25, 0.3) is 0 Å². The molecule has 0 saturated carbocycles. The predicted molar refractivity (Wildman–Crippen MR) is 88.4 cm³/mol. The second-order valence-electron chi connectivity index (χ2n) is 6.16. The molecule has 0 unspecified atom stereocenters.